The Hall–Kier alpha value is -2.41. The first-order valence-corrected chi connectivity index (χ1v) is 12.1. The SMILES string of the molecule is Cc1ccc(N2C(=O)C3OC4CCCCC4C3N(CC(=O)N3CCC(C)CC3)C2=O)cc1. The number of benzene rings is 1. The van der Waals surface area contributed by atoms with Gasteiger partial charge in [0, 0.05) is 19.0 Å². The maximum absolute atomic E-state index is 13.7. The minimum atomic E-state index is -0.698. The van der Waals surface area contributed by atoms with Crippen molar-refractivity contribution in [2.75, 3.05) is 24.5 Å². The summed E-state index contributed by atoms with van der Waals surface area (Å²) in [5.41, 5.74) is 1.59. The number of carbonyl (C=O) groups excluding carboxylic acids is 3. The van der Waals surface area contributed by atoms with Crippen LogP contribution in [0.2, 0.25) is 0 Å². The Balaban J connectivity index is 1.45. The van der Waals surface area contributed by atoms with Crippen LogP contribution in [0.4, 0.5) is 10.5 Å². The lowest BCUT2D eigenvalue weighted by molar-refractivity contribution is -0.138. The average Bonchev–Trinajstić information content (AvgIpc) is 3.18. The minimum Gasteiger partial charge on any atom is -0.363 e. The number of anilines is 1. The third-order valence-corrected chi connectivity index (χ3v) is 7.82. The second-order valence-electron chi connectivity index (χ2n) is 10.0. The number of carbonyl (C=O) groups is 3. The Labute approximate surface area is 189 Å². The predicted molar refractivity (Wildman–Crippen MR) is 120 cm³/mol. The summed E-state index contributed by atoms with van der Waals surface area (Å²) in [5.74, 6) is 0.423. The molecule has 0 spiro atoms. The molecule has 1 aromatic carbocycles. The number of aryl methyl sites for hydroxylation is 1. The third kappa shape index (κ3) is 3.70. The molecule has 1 aliphatic carbocycles. The number of amides is 4. The molecule has 0 N–H and O–H groups in total. The molecule has 1 saturated carbocycles. The first-order valence-electron chi connectivity index (χ1n) is 12.1. The zero-order chi connectivity index (χ0) is 22.4. The van der Waals surface area contributed by atoms with Gasteiger partial charge in [-0.2, -0.15) is 0 Å². The molecule has 1 aromatic rings. The molecule has 4 atom stereocenters. The van der Waals surface area contributed by atoms with Gasteiger partial charge in [0.1, 0.15) is 6.54 Å². The lowest BCUT2D eigenvalue weighted by Crippen LogP contribution is -2.66. The highest BCUT2D eigenvalue weighted by Gasteiger charge is 2.58. The number of imide groups is 1. The molecule has 4 aliphatic rings. The molecule has 7 nitrogen and oxygen atoms in total. The standard InChI is InChI=1S/C25H33N3O4/c1-16-7-9-18(10-8-16)28-24(30)23-22(19-5-3-4-6-20(19)32-23)27(25(28)31)15-21(29)26-13-11-17(2)12-14-26/h7-10,17,19-20,22-23H,3-6,11-15H2,1-2H3. The molecular weight excluding hydrogens is 406 g/mol. The van der Waals surface area contributed by atoms with Crippen LogP contribution in [-0.2, 0) is 14.3 Å². The zero-order valence-corrected chi connectivity index (χ0v) is 19.0. The number of rotatable bonds is 3. The number of urea groups is 1. The average molecular weight is 440 g/mol. The molecule has 172 valence electrons. The van der Waals surface area contributed by atoms with Crippen molar-refractivity contribution in [1.82, 2.24) is 9.80 Å². The summed E-state index contributed by atoms with van der Waals surface area (Å²) >= 11 is 0. The monoisotopic (exact) mass is 439 g/mol. The van der Waals surface area contributed by atoms with Crippen LogP contribution in [0.15, 0.2) is 24.3 Å². The van der Waals surface area contributed by atoms with E-state index in [4.69, 9.17) is 4.74 Å². The van der Waals surface area contributed by atoms with Crippen molar-refractivity contribution in [2.24, 2.45) is 11.8 Å². The van der Waals surface area contributed by atoms with Crippen molar-refractivity contribution in [3.05, 3.63) is 29.8 Å². The largest absolute Gasteiger partial charge is 0.363 e. The van der Waals surface area contributed by atoms with E-state index in [1.807, 2.05) is 24.0 Å². The summed E-state index contributed by atoms with van der Waals surface area (Å²) in [5, 5.41) is 0. The van der Waals surface area contributed by atoms with E-state index in [0.717, 1.165) is 57.2 Å². The summed E-state index contributed by atoms with van der Waals surface area (Å²) in [7, 11) is 0. The molecule has 3 aliphatic heterocycles. The number of hydrogen-bond donors (Lipinski definition) is 0. The van der Waals surface area contributed by atoms with E-state index < -0.39 is 12.1 Å². The number of nitrogens with zero attached hydrogens (tertiary/aromatic N) is 3. The number of piperidine rings is 1. The molecule has 4 unspecified atom stereocenters. The number of fused-ring (bicyclic) bond motifs is 3. The molecule has 0 bridgehead atoms. The summed E-state index contributed by atoms with van der Waals surface area (Å²) in [4.78, 5) is 45.2. The Morgan fingerprint density at radius 2 is 1.72 bits per heavy atom. The van der Waals surface area contributed by atoms with Crippen LogP contribution < -0.4 is 4.90 Å². The highest BCUT2D eigenvalue weighted by Crippen LogP contribution is 2.43. The quantitative estimate of drug-likeness (QED) is 0.724. The third-order valence-electron chi connectivity index (χ3n) is 7.82. The summed E-state index contributed by atoms with van der Waals surface area (Å²) in [6.07, 6.45) is 5.27. The van der Waals surface area contributed by atoms with E-state index in [9.17, 15) is 14.4 Å². The second-order valence-corrected chi connectivity index (χ2v) is 10.0. The predicted octanol–water partition coefficient (Wildman–Crippen LogP) is 3.35. The van der Waals surface area contributed by atoms with E-state index in [1.54, 1.807) is 17.0 Å². The Morgan fingerprint density at radius 3 is 2.44 bits per heavy atom. The Kier molecular flexibility index (Phi) is 5.70. The van der Waals surface area contributed by atoms with Crippen LogP contribution in [0.1, 0.15) is 51.0 Å². The number of hydrogen-bond acceptors (Lipinski definition) is 4. The van der Waals surface area contributed by atoms with E-state index in [0.29, 0.717) is 11.6 Å². The molecule has 0 aromatic heterocycles. The van der Waals surface area contributed by atoms with Gasteiger partial charge < -0.3 is 14.5 Å². The van der Waals surface area contributed by atoms with Crippen LogP contribution in [0.3, 0.4) is 0 Å². The maximum atomic E-state index is 13.7. The van der Waals surface area contributed by atoms with Crippen molar-refractivity contribution in [3.63, 3.8) is 0 Å². The number of likely N-dealkylation sites (tertiary alicyclic amines) is 1. The molecule has 4 amide bonds. The van der Waals surface area contributed by atoms with Crippen molar-refractivity contribution in [2.45, 2.75) is 70.6 Å². The van der Waals surface area contributed by atoms with Gasteiger partial charge in [0.2, 0.25) is 5.91 Å². The summed E-state index contributed by atoms with van der Waals surface area (Å²) < 4.78 is 6.27. The normalized spacial score (nSPS) is 31.0. The maximum Gasteiger partial charge on any atom is 0.332 e. The molecule has 32 heavy (non-hydrogen) atoms. The van der Waals surface area contributed by atoms with Gasteiger partial charge in [-0.15, -0.1) is 0 Å². The fraction of sp³-hybridized carbons (Fsp3) is 0.640. The van der Waals surface area contributed by atoms with E-state index >= 15 is 0 Å². The van der Waals surface area contributed by atoms with Gasteiger partial charge in [0.25, 0.3) is 5.91 Å². The van der Waals surface area contributed by atoms with Gasteiger partial charge in [-0.1, -0.05) is 37.5 Å². The van der Waals surface area contributed by atoms with Gasteiger partial charge in [-0.05, 0) is 50.7 Å². The molecule has 5 rings (SSSR count). The van der Waals surface area contributed by atoms with Crippen LogP contribution in [0, 0.1) is 18.8 Å². The van der Waals surface area contributed by atoms with Crippen molar-refractivity contribution >= 4 is 23.5 Å². The van der Waals surface area contributed by atoms with E-state index in [2.05, 4.69) is 6.92 Å². The van der Waals surface area contributed by atoms with Crippen molar-refractivity contribution in [1.29, 1.82) is 0 Å². The summed E-state index contributed by atoms with van der Waals surface area (Å²) in [6.45, 7) is 5.66. The van der Waals surface area contributed by atoms with Crippen LogP contribution >= 0.6 is 0 Å². The van der Waals surface area contributed by atoms with Gasteiger partial charge in [-0.25, -0.2) is 9.69 Å². The fourth-order valence-electron chi connectivity index (χ4n) is 5.86. The molecule has 0 radical (unpaired) electrons. The van der Waals surface area contributed by atoms with Gasteiger partial charge in [0.05, 0.1) is 17.8 Å². The van der Waals surface area contributed by atoms with Crippen LogP contribution in [-0.4, -0.2) is 65.5 Å². The lowest BCUT2D eigenvalue weighted by atomic mass is 9.81. The molecule has 4 fully saturated rings. The topological polar surface area (TPSA) is 70.2 Å². The van der Waals surface area contributed by atoms with Gasteiger partial charge in [-0.3, -0.25) is 9.59 Å². The van der Waals surface area contributed by atoms with Gasteiger partial charge >= 0.3 is 6.03 Å². The first kappa shape index (κ1) is 21.4. The van der Waals surface area contributed by atoms with Crippen molar-refractivity contribution in [3.8, 4) is 0 Å². The number of ether oxygens (including phenoxy) is 1. The van der Waals surface area contributed by atoms with E-state index in [-0.39, 0.29) is 36.4 Å². The fourth-order valence-corrected chi connectivity index (χ4v) is 5.86. The highest BCUT2D eigenvalue weighted by atomic mass is 16.5. The zero-order valence-electron chi connectivity index (χ0n) is 19.0. The lowest BCUT2D eigenvalue weighted by Gasteiger charge is -2.43. The Morgan fingerprint density at radius 1 is 1.03 bits per heavy atom. The van der Waals surface area contributed by atoms with Crippen LogP contribution in [0.25, 0.3) is 0 Å². The summed E-state index contributed by atoms with van der Waals surface area (Å²) in [6, 6.07) is 6.62. The molecule has 3 heterocycles. The van der Waals surface area contributed by atoms with Gasteiger partial charge in [0.15, 0.2) is 6.10 Å². The first-order chi connectivity index (χ1) is 15.4. The smallest absolute Gasteiger partial charge is 0.332 e. The van der Waals surface area contributed by atoms with Crippen LogP contribution in [0.5, 0.6) is 0 Å². The van der Waals surface area contributed by atoms with E-state index in [1.165, 1.54) is 4.90 Å². The van der Waals surface area contributed by atoms with Crippen molar-refractivity contribution < 1.29 is 19.1 Å². The molecular formula is C25H33N3O4. The molecule has 7 heteroatoms. The minimum absolute atomic E-state index is 0.0105. The Bertz CT molecular complexity index is 893. The highest BCUT2D eigenvalue weighted by molar-refractivity contribution is 6.18. The molecule has 3 saturated heterocycles. The second kappa shape index (κ2) is 8.50.